The maximum atomic E-state index is 4.91. The Balaban J connectivity index is 1.77. The Morgan fingerprint density at radius 3 is 2.67 bits per heavy atom. The first-order chi connectivity index (χ1) is 13.1. The highest BCUT2D eigenvalue weighted by Crippen LogP contribution is 2.23. The molecule has 140 valence electrons. The molecule has 0 fully saturated rings. The van der Waals surface area contributed by atoms with Gasteiger partial charge >= 0.3 is 0 Å². The molecule has 0 saturated heterocycles. The van der Waals surface area contributed by atoms with Gasteiger partial charge in [-0.15, -0.1) is 5.10 Å². The summed E-state index contributed by atoms with van der Waals surface area (Å²) in [7, 11) is 4.03. The average molecular weight is 362 g/mol. The average Bonchev–Trinajstić information content (AvgIpc) is 3.34. The molecule has 1 atom stereocenters. The maximum absolute atomic E-state index is 4.91. The zero-order valence-electron chi connectivity index (χ0n) is 16.4. The lowest BCUT2D eigenvalue weighted by Crippen LogP contribution is -2.09. The van der Waals surface area contributed by atoms with E-state index in [0.717, 1.165) is 36.7 Å². The van der Waals surface area contributed by atoms with E-state index in [0.29, 0.717) is 5.92 Å². The number of aromatic nitrogens is 6. The van der Waals surface area contributed by atoms with Crippen molar-refractivity contribution in [1.82, 2.24) is 29.1 Å². The molecule has 3 heterocycles. The Hall–Kier alpha value is -2.89. The molecule has 0 saturated carbocycles. The monoisotopic (exact) mass is 362 g/mol. The van der Waals surface area contributed by atoms with E-state index in [9.17, 15) is 0 Å². The van der Waals surface area contributed by atoms with E-state index in [4.69, 9.17) is 10.1 Å². The van der Waals surface area contributed by atoms with Crippen LogP contribution in [0.15, 0.2) is 42.7 Å². The van der Waals surface area contributed by atoms with Gasteiger partial charge < -0.3 is 4.57 Å². The standard InChI is InChI=1S/C21H26N6/c1-5-15(2)12-19-23-20(27(24-19)21-10-11-22-26(21)4)13-16-14-25(3)18-9-7-6-8-17(16)18/h6-11,14-15H,5,12-13H2,1-4H3. The van der Waals surface area contributed by atoms with E-state index >= 15 is 0 Å². The third-order valence-electron chi connectivity index (χ3n) is 5.29. The zero-order chi connectivity index (χ0) is 19.0. The number of nitrogens with zero attached hydrogens (tertiary/aromatic N) is 6. The smallest absolute Gasteiger partial charge is 0.153 e. The summed E-state index contributed by atoms with van der Waals surface area (Å²) in [4.78, 5) is 4.91. The van der Waals surface area contributed by atoms with Crippen molar-refractivity contribution in [3.05, 3.63) is 59.9 Å². The first-order valence-electron chi connectivity index (χ1n) is 9.53. The fourth-order valence-electron chi connectivity index (χ4n) is 3.54. The summed E-state index contributed by atoms with van der Waals surface area (Å²) in [5, 5.41) is 10.4. The summed E-state index contributed by atoms with van der Waals surface area (Å²) in [6.07, 6.45) is 6.75. The molecule has 6 heteroatoms. The van der Waals surface area contributed by atoms with Gasteiger partial charge in [0.15, 0.2) is 11.6 Å². The lowest BCUT2D eigenvalue weighted by molar-refractivity contribution is 0.541. The highest BCUT2D eigenvalue weighted by atomic mass is 15.4. The van der Waals surface area contributed by atoms with E-state index in [1.807, 2.05) is 22.5 Å². The van der Waals surface area contributed by atoms with Gasteiger partial charge in [0.1, 0.15) is 5.82 Å². The molecule has 0 N–H and O–H groups in total. The number of rotatable bonds is 6. The second-order valence-electron chi connectivity index (χ2n) is 7.35. The molecule has 0 radical (unpaired) electrons. The van der Waals surface area contributed by atoms with Crippen LogP contribution in [0.25, 0.3) is 16.7 Å². The lowest BCUT2D eigenvalue weighted by atomic mass is 10.1. The van der Waals surface area contributed by atoms with Crippen LogP contribution in [0.5, 0.6) is 0 Å². The first kappa shape index (κ1) is 17.5. The number of hydrogen-bond donors (Lipinski definition) is 0. The molecule has 0 bridgehead atoms. The van der Waals surface area contributed by atoms with Crippen LogP contribution in [-0.4, -0.2) is 29.1 Å². The molecule has 0 aliphatic carbocycles. The van der Waals surface area contributed by atoms with Gasteiger partial charge in [0.05, 0.1) is 6.20 Å². The van der Waals surface area contributed by atoms with Gasteiger partial charge in [-0.2, -0.15) is 9.78 Å². The van der Waals surface area contributed by atoms with Crippen LogP contribution < -0.4 is 0 Å². The Bertz CT molecular complexity index is 1070. The SMILES string of the molecule is CCC(C)Cc1nc(Cc2cn(C)c3ccccc23)n(-c2ccnn2C)n1. The van der Waals surface area contributed by atoms with Crippen molar-refractivity contribution in [2.24, 2.45) is 20.0 Å². The van der Waals surface area contributed by atoms with Crippen LogP contribution in [0.2, 0.25) is 0 Å². The number of para-hydroxylation sites is 1. The van der Waals surface area contributed by atoms with E-state index in [1.54, 1.807) is 6.20 Å². The molecule has 3 aromatic heterocycles. The predicted octanol–water partition coefficient (Wildman–Crippen LogP) is 3.67. The molecule has 0 spiro atoms. The quantitative estimate of drug-likeness (QED) is 0.526. The van der Waals surface area contributed by atoms with Crippen LogP contribution in [-0.2, 0) is 26.9 Å². The largest absolute Gasteiger partial charge is 0.350 e. The third-order valence-corrected chi connectivity index (χ3v) is 5.29. The third kappa shape index (κ3) is 3.27. The molecular formula is C21H26N6. The Morgan fingerprint density at radius 2 is 1.93 bits per heavy atom. The molecule has 0 amide bonds. The van der Waals surface area contributed by atoms with Crippen molar-refractivity contribution < 1.29 is 0 Å². The molecule has 0 aliphatic heterocycles. The van der Waals surface area contributed by atoms with Crippen LogP contribution >= 0.6 is 0 Å². The summed E-state index contributed by atoms with van der Waals surface area (Å²) in [5.41, 5.74) is 2.50. The minimum Gasteiger partial charge on any atom is -0.350 e. The van der Waals surface area contributed by atoms with E-state index in [-0.39, 0.29) is 0 Å². The Labute approximate surface area is 159 Å². The van der Waals surface area contributed by atoms with Gasteiger partial charge in [0, 0.05) is 50.1 Å². The predicted molar refractivity (Wildman–Crippen MR) is 107 cm³/mol. The van der Waals surface area contributed by atoms with Crippen molar-refractivity contribution >= 4 is 10.9 Å². The summed E-state index contributed by atoms with van der Waals surface area (Å²) in [5.74, 6) is 3.36. The number of fused-ring (bicyclic) bond motifs is 1. The maximum Gasteiger partial charge on any atom is 0.153 e. The van der Waals surface area contributed by atoms with E-state index < -0.39 is 0 Å². The fourth-order valence-corrected chi connectivity index (χ4v) is 3.54. The van der Waals surface area contributed by atoms with Crippen molar-refractivity contribution in [2.45, 2.75) is 33.1 Å². The van der Waals surface area contributed by atoms with Crippen molar-refractivity contribution in [2.75, 3.05) is 0 Å². The second kappa shape index (κ2) is 7.02. The van der Waals surface area contributed by atoms with Gasteiger partial charge in [-0.25, -0.2) is 4.98 Å². The van der Waals surface area contributed by atoms with Crippen LogP contribution in [0.1, 0.15) is 37.5 Å². The highest BCUT2D eigenvalue weighted by Gasteiger charge is 2.17. The molecule has 4 rings (SSSR count). The van der Waals surface area contributed by atoms with Gasteiger partial charge in [-0.1, -0.05) is 38.5 Å². The summed E-state index contributed by atoms with van der Waals surface area (Å²) < 4.78 is 5.97. The molecule has 1 unspecified atom stereocenters. The van der Waals surface area contributed by atoms with Gasteiger partial charge in [-0.3, -0.25) is 4.68 Å². The Morgan fingerprint density at radius 1 is 1.11 bits per heavy atom. The minimum atomic E-state index is 0.567. The van der Waals surface area contributed by atoms with Crippen LogP contribution in [0.4, 0.5) is 0 Å². The van der Waals surface area contributed by atoms with Crippen molar-refractivity contribution in [3.8, 4) is 5.82 Å². The summed E-state index contributed by atoms with van der Waals surface area (Å²) in [6.45, 7) is 4.45. The van der Waals surface area contributed by atoms with Crippen molar-refractivity contribution in [1.29, 1.82) is 0 Å². The zero-order valence-corrected chi connectivity index (χ0v) is 16.4. The van der Waals surface area contributed by atoms with Crippen LogP contribution in [0, 0.1) is 5.92 Å². The topological polar surface area (TPSA) is 53.5 Å². The van der Waals surface area contributed by atoms with Gasteiger partial charge in [0.25, 0.3) is 0 Å². The molecule has 6 nitrogen and oxygen atoms in total. The molecule has 4 aromatic rings. The second-order valence-corrected chi connectivity index (χ2v) is 7.35. The lowest BCUT2D eigenvalue weighted by Gasteiger charge is -2.05. The van der Waals surface area contributed by atoms with E-state index in [2.05, 4.69) is 61.0 Å². The van der Waals surface area contributed by atoms with Gasteiger partial charge in [-0.05, 0) is 17.5 Å². The first-order valence-corrected chi connectivity index (χ1v) is 9.53. The number of benzene rings is 1. The normalized spacial score (nSPS) is 12.7. The Kier molecular flexibility index (Phi) is 4.56. The van der Waals surface area contributed by atoms with Crippen molar-refractivity contribution in [3.63, 3.8) is 0 Å². The summed E-state index contributed by atoms with van der Waals surface area (Å²) >= 11 is 0. The number of aryl methyl sites for hydroxylation is 2. The summed E-state index contributed by atoms with van der Waals surface area (Å²) in [6, 6.07) is 10.5. The van der Waals surface area contributed by atoms with Crippen LogP contribution in [0.3, 0.4) is 0 Å². The molecule has 0 aliphatic rings. The fraction of sp³-hybridized carbons (Fsp3) is 0.381. The van der Waals surface area contributed by atoms with E-state index in [1.165, 1.54) is 16.5 Å². The highest BCUT2D eigenvalue weighted by molar-refractivity contribution is 5.84. The molecule has 1 aromatic carbocycles. The number of hydrogen-bond acceptors (Lipinski definition) is 3. The minimum absolute atomic E-state index is 0.567. The molecular weight excluding hydrogens is 336 g/mol. The van der Waals surface area contributed by atoms with Gasteiger partial charge in [0.2, 0.25) is 0 Å². The molecule has 27 heavy (non-hydrogen) atoms.